The van der Waals surface area contributed by atoms with E-state index in [-0.39, 0.29) is 0 Å². The molecule has 16 heavy (non-hydrogen) atoms. The van der Waals surface area contributed by atoms with E-state index >= 15 is 0 Å². The average Bonchev–Trinajstić information content (AvgIpc) is 2.61. The van der Waals surface area contributed by atoms with Crippen LogP contribution in [0.15, 0.2) is 0 Å². The van der Waals surface area contributed by atoms with Gasteiger partial charge < -0.3 is 15.5 Å². The normalized spacial score (nSPS) is 28.2. The Kier molecular flexibility index (Phi) is 3.89. The predicted molar refractivity (Wildman–Crippen MR) is 56.4 cm³/mol. The first-order valence-corrected chi connectivity index (χ1v) is 6.37. The molecule has 1 heterocycles. The molecule has 0 aliphatic carbocycles. The molecule has 0 radical (unpaired) electrons. The van der Waals surface area contributed by atoms with Gasteiger partial charge in [-0.1, -0.05) is 0 Å². The third-order valence-electron chi connectivity index (χ3n) is 2.81. The zero-order chi connectivity index (χ0) is 12.5. The van der Waals surface area contributed by atoms with Crippen molar-refractivity contribution in [3.05, 3.63) is 0 Å². The number of aliphatic hydroxyl groups is 1. The van der Waals surface area contributed by atoms with Crippen LogP contribution in [0.25, 0.3) is 0 Å². The number of sulfonamides is 1. The van der Waals surface area contributed by atoms with Crippen LogP contribution in [-0.4, -0.2) is 66.4 Å². The van der Waals surface area contributed by atoms with Crippen LogP contribution in [0.5, 0.6) is 0 Å². The number of likely N-dealkylation sites (N-methyl/N-ethyl adjacent to an activating group) is 1. The number of carboxylic acids is 1. The van der Waals surface area contributed by atoms with E-state index in [9.17, 15) is 18.3 Å². The summed E-state index contributed by atoms with van der Waals surface area (Å²) in [5.41, 5.74) is 0. The molecule has 3 N–H and O–H groups in total. The van der Waals surface area contributed by atoms with E-state index in [2.05, 4.69) is 5.32 Å². The monoisotopic (exact) mass is 252 g/mol. The topological polar surface area (TPSA) is 107 Å². The molecule has 1 aliphatic heterocycles. The molecule has 94 valence electrons. The Balaban J connectivity index is 2.87. The van der Waals surface area contributed by atoms with E-state index in [1.165, 1.54) is 7.05 Å². The van der Waals surface area contributed by atoms with Crippen molar-refractivity contribution in [1.82, 2.24) is 9.62 Å². The average molecular weight is 252 g/mol. The van der Waals surface area contributed by atoms with Crippen molar-refractivity contribution in [2.24, 2.45) is 0 Å². The van der Waals surface area contributed by atoms with E-state index in [0.29, 0.717) is 13.1 Å². The number of aliphatic hydroxyl groups excluding tert-OH is 1. The van der Waals surface area contributed by atoms with Crippen LogP contribution in [0.2, 0.25) is 0 Å². The summed E-state index contributed by atoms with van der Waals surface area (Å²) in [4.78, 5) is 10.7. The quantitative estimate of drug-likeness (QED) is 0.537. The van der Waals surface area contributed by atoms with E-state index < -0.39 is 33.4 Å². The van der Waals surface area contributed by atoms with Gasteiger partial charge in [-0.3, -0.25) is 4.79 Å². The Morgan fingerprint density at radius 1 is 1.50 bits per heavy atom. The summed E-state index contributed by atoms with van der Waals surface area (Å²) in [7, 11) is -2.63. The Morgan fingerprint density at radius 3 is 2.44 bits per heavy atom. The minimum absolute atomic E-state index is 0.311. The lowest BCUT2D eigenvalue weighted by molar-refractivity contribution is -0.136. The third kappa shape index (κ3) is 2.34. The minimum Gasteiger partial charge on any atom is -0.480 e. The van der Waals surface area contributed by atoms with Crippen molar-refractivity contribution >= 4 is 16.0 Å². The molecule has 0 bridgehead atoms. The number of nitrogens with zero attached hydrogens (tertiary/aromatic N) is 1. The van der Waals surface area contributed by atoms with Crippen molar-refractivity contribution in [2.45, 2.75) is 24.3 Å². The highest BCUT2D eigenvalue weighted by Crippen LogP contribution is 2.15. The number of hydrogen-bond donors (Lipinski definition) is 3. The van der Waals surface area contributed by atoms with Gasteiger partial charge in [-0.2, -0.15) is 4.31 Å². The van der Waals surface area contributed by atoms with Crippen molar-refractivity contribution in [2.75, 3.05) is 20.1 Å². The lowest BCUT2D eigenvalue weighted by atomic mass is 10.2. The first-order chi connectivity index (χ1) is 7.28. The maximum atomic E-state index is 11.8. The van der Waals surface area contributed by atoms with Gasteiger partial charge >= 0.3 is 5.97 Å². The first-order valence-electron chi connectivity index (χ1n) is 4.87. The minimum atomic E-state index is -3.92. The fraction of sp³-hybridized carbons (Fsp3) is 0.875. The molecule has 1 fully saturated rings. The second kappa shape index (κ2) is 4.66. The molecule has 1 rings (SSSR count). The predicted octanol–water partition coefficient (Wildman–Crippen LogP) is -1.95. The van der Waals surface area contributed by atoms with Gasteiger partial charge in [0, 0.05) is 20.1 Å². The summed E-state index contributed by atoms with van der Waals surface area (Å²) in [5, 5.41) is 19.5. The highest BCUT2D eigenvalue weighted by molar-refractivity contribution is 7.90. The van der Waals surface area contributed by atoms with Crippen LogP contribution >= 0.6 is 0 Å². The van der Waals surface area contributed by atoms with Crippen molar-refractivity contribution in [3.8, 4) is 0 Å². The van der Waals surface area contributed by atoms with Crippen LogP contribution in [-0.2, 0) is 14.8 Å². The van der Waals surface area contributed by atoms with Crippen LogP contribution in [0.3, 0.4) is 0 Å². The van der Waals surface area contributed by atoms with E-state index in [0.717, 1.165) is 11.2 Å². The van der Waals surface area contributed by atoms with Crippen LogP contribution in [0.4, 0.5) is 0 Å². The Morgan fingerprint density at radius 2 is 2.06 bits per heavy atom. The Hall–Kier alpha value is -0.700. The molecule has 0 amide bonds. The van der Waals surface area contributed by atoms with E-state index in [4.69, 9.17) is 5.11 Å². The largest absolute Gasteiger partial charge is 0.480 e. The summed E-state index contributed by atoms with van der Waals surface area (Å²) < 4.78 is 24.6. The second-order valence-electron chi connectivity index (χ2n) is 3.83. The lowest BCUT2D eigenvalue weighted by Crippen LogP contribution is -2.48. The summed E-state index contributed by atoms with van der Waals surface area (Å²) in [5.74, 6) is -1.40. The van der Waals surface area contributed by atoms with E-state index in [1.807, 2.05) is 0 Å². The van der Waals surface area contributed by atoms with Crippen LogP contribution in [0.1, 0.15) is 6.92 Å². The molecule has 0 aromatic carbocycles. The maximum absolute atomic E-state index is 11.8. The van der Waals surface area contributed by atoms with Gasteiger partial charge in [0.25, 0.3) is 0 Å². The van der Waals surface area contributed by atoms with Gasteiger partial charge in [0.05, 0.1) is 12.1 Å². The number of aliphatic carboxylic acids is 1. The molecule has 0 aromatic rings. The lowest BCUT2D eigenvalue weighted by Gasteiger charge is -2.27. The number of rotatable bonds is 4. The zero-order valence-corrected chi connectivity index (χ0v) is 9.94. The number of carbonyl (C=O) groups is 1. The SMILES string of the molecule is CC(C(=O)O)S(=O)(=O)N(C)[C@@H]1CNC[C@H]1O. The Labute approximate surface area is 94.1 Å². The molecule has 1 aliphatic rings. The maximum Gasteiger partial charge on any atom is 0.323 e. The van der Waals surface area contributed by atoms with Gasteiger partial charge in [-0.05, 0) is 6.92 Å². The van der Waals surface area contributed by atoms with Gasteiger partial charge in [0.2, 0.25) is 10.0 Å². The number of nitrogens with one attached hydrogen (secondary N) is 1. The molecule has 1 saturated heterocycles. The van der Waals surface area contributed by atoms with Gasteiger partial charge in [0.15, 0.2) is 5.25 Å². The number of β-amino-alcohol motifs (C(OH)–C–C–N with tert-alkyl or cyclic N) is 1. The van der Waals surface area contributed by atoms with Crippen LogP contribution < -0.4 is 5.32 Å². The smallest absolute Gasteiger partial charge is 0.323 e. The first kappa shape index (κ1) is 13.4. The molecule has 7 nitrogen and oxygen atoms in total. The Bertz CT molecular complexity index is 369. The molecule has 0 aromatic heterocycles. The summed E-state index contributed by atoms with van der Waals surface area (Å²) >= 11 is 0. The molecule has 0 saturated carbocycles. The highest BCUT2D eigenvalue weighted by Gasteiger charge is 2.39. The van der Waals surface area contributed by atoms with Gasteiger partial charge in [-0.15, -0.1) is 0 Å². The number of hydrogen-bond acceptors (Lipinski definition) is 5. The highest BCUT2D eigenvalue weighted by atomic mass is 32.2. The van der Waals surface area contributed by atoms with Crippen molar-refractivity contribution in [3.63, 3.8) is 0 Å². The molecule has 1 unspecified atom stereocenters. The number of carboxylic acid groups (broad SMARTS) is 1. The van der Waals surface area contributed by atoms with Gasteiger partial charge in [0.1, 0.15) is 0 Å². The summed E-state index contributed by atoms with van der Waals surface area (Å²) in [6.45, 7) is 1.75. The van der Waals surface area contributed by atoms with Crippen LogP contribution in [0, 0.1) is 0 Å². The zero-order valence-electron chi connectivity index (χ0n) is 9.12. The molecule has 0 spiro atoms. The van der Waals surface area contributed by atoms with E-state index in [1.54, 1.807) is 0 Å². The summed E-state index contributed by atoms with van der Waals surface area (Å²) in [6, 6.07) is -0.605. The molecule has 3 atom stereocenters. The standard InChI is InChI=1S/C8H16N2O5S/c1-5(8(12)13)16(14,15)10(2)6-3-9-4-7(6)11/h5-7,9,11H,3-4H2,1-2H3,(H,12,13)/t5?,6-,7-/m1/s1. The fourth-order valence-electron chi connectivity index (χ4n) is 1.59. The molecular weight excluding hydrogens is 236 g/mol. The van der Waals surface area contributed by atoms with Crippen molar-refractivity contribution in [1.29, 1.82) is 0 Å². The summed E-state index contributed by atoms with van der Waals surface area (Å²) in [6.07, 6.45) is -0.805. The molecule has 8 heteroatoms. The van der Waals surface area contributed by atoms with Gasteiger partial charge in [-0.25, -0.2) is 8.42 Å². The fourth-order valence-corrected chi connectivity index (χ4v) is 2.93. The molecular formula is C8H16N2O5S. The third-order valence-corrected chi connectivity index (χ3v) is 4.98. The second-order valence-corrected chi connectivity index (χ2v) is 6.15. The van der Waals surface area contributed by atoms with Crippen molar-refractivity contribution < 1.29 is 23.4 Å².